The first-order valence-corrected chi connectivity index (χ1v) is 11.0. The van der Waals surface area contributed by atoms with Gasteiger partial charge < -0.3 is 20.0 Å². The molecular weight excluding hydrogens is 423 g/mol. The molecule has 1 unspecified atom stereocenters. The van der Waals surface area contributed by atoms with E-state index in [9.17, 15) is 14.6 Å². The lowest BCUT2D eigenvalue weighted by molar-refractivity contribution is 0.178. The van der Waals surface area contributed by atoms with Crippen molar-refractivity contribution in [1.29, 1.82) is 0 Å². The predicted octanol–water partition coefficient (Wildman–Crippen LogP) is 3.25. The number of fused-ring (bicyclic) bond motifs is 2. The zero-order valence-corrected chi connectivity index (χ0v) is 18.9. The van der Waals surface area contributed by atoms with Gasteiger partial charge in [0.05, 0.1) is 30.7 Å². The number of para-hydroxylation sites is 1. The molecule has 8 nitrogen and oxygen atoms in total. The minimum atomic E-state index is -0.669. The molecule has 3 heterocycles. The SMILES string of the molecule is CC(O)N1c2ccc(-c3cnn(CCO)c3)cc2N(c2nn(C)c3c(F)cccc23)C[C@@H]1C. The molecule has 33 heavy (non-hydrogen) atoms. The fourth-order valence-corrected chi connectivity index (χ4v) is 4.80. The highest BCUT2D eigenvalue weighted by atomic mass is 19.1. The number of benzene rings is 2. The van der Waals surface area contributed by atoms with Gasteiger partial charge in [-0.1, -0.05) is 12.1 Å². The second-order valence-corrected chi connectivity index (χ2v) is 8.50. The van der Waals surface area contributed by atoms with E-state index in [1.54, 1.807) is 35.6 Å². The van der Waals surface area contributed by atoms with Gasteiger partial charge in [-0.3, -0.25) is 9.36 Å². The highest BCUT2D eigenvalue weighted by Gasteiger charge is 2.33. The zero-order valence-electron chi connectivity index (χ0n) is 18.9. The average molecular weight is 451 g/mol. The fraction of sp³-hybridized carbons (Fsp3) is 0.333. The lowest BCUT2D eigenvalue weighted by atomic mass is 10.0. The van der Waals surface area contributed by atoms with Crippen molar-refractivity contribution in [2.75, 3.05) is 23.0 Å². The van der Waals surface area contributed by atoms with Crippen molar-refractivity contribution in [3.8, 4) is 11.1 Å². The first-order chi connectivity index (χ1) is 15.9. The molecule has 0 aliphatic carbocycles. The zero-order chi connectivity index (χ0) is 23.3. The number of anilines is 3. The van der Waals surface area contributed by atoms with Crippen LogP contribution in [-0.2, 0) is 13.6 Å². The van der Waals surface area contributed by atoms with Crippen LogP contribution in [0.2, 0.25) is 0 Å². The van der Waals surface area contributed by atoms with E-state index in [-0.39, 0.29) is 18.5 Å². The molecule has 0 bridgehead atoms. The highest BCUT2D eigenvalue weighted by Crippen LogP contribution is 2.44. The molecule has 4 aromatic rings. The van der Waals surface area contributed by atoms with Crippen molar-refractivity contribution in [3.05, 3.63) is 54.6 Å². The van der Waals surface area contributed by atoms with E-state index in [4.69, 9.17) is 0 Å². The molecule has 9 heteroatoms. The average Bonchev–Trinajstić information content (AvgIpc) is 3.38. The van der Waals surface area contributed by atoms with Crippen LogP contribution in [-0.4, -0.2) is 55.2 Å². The summed E-state index contributed by atoms with van der Waals surface area (Å²) in [5.41, 5.74) is 4.09. The molecule has 5 rings (SSSR count). The van der Waals surface area contributed by atoms with E-state index in [1.807, 2.05) is 29.3 Å². The van der Waals surface area contributed by atoms with Crippen LogP contribution in [0.25, 0.3) is 22.0 Å². The van der Waals surface area contributed by atoms with Crippen molar-refractivity contribution in [1.82, 2.24) is 19.6 Å². The Morgan fingerprint density at radius 1 is 1.18 bits per heavy atom. The minimum absolute atomic E-state index is 0.00118. The number of halogens is 1. The third-order valence-corrected chi connectivity index (χ3v) is 6.22. The van der Waals surface area contributed by atoms with Crippen LogP contribution >= 0.6 is 0 Å². The molecule has 2 atom stereocenters. The minimum Gasteiger partial charge on any atom is -0.394 e. The molecule has 0 radical (unpaired) electrons. The summed E-state index contributed by atoms with van der Waals surface area (Å²) in [7, 11) is 1.75. The maximum atomic E-state index is 14.6. The summed E-state index contributed by atoms with van der Waals surface area (Å²) < 4.78 is 17.8. The lowest BCUT2D eigenvalue weighted by Crippen LogP contribution is -2.50. The summed E-state index contributed by atoms with van der Waals surface area (Å²) in [5, 5.41) is 29.5. The van der Waals surface area contributed by atoms with Gasteiger partial charge in [-0.05, 0) is 43.7 Å². The molecule has 1 aliphatic heterocycles. The van der Waals surface area contributed by atoms with Gasteiger partial charge in [0.1, 0.15) is 17.6 Å². The van der Waals surface area contributed by atoms with Gasteiger partial charge in [-0.15, -0.1) is 0 Å². The van der Waals surface area contributed by atoms with Gasteiger partial charge in [0.25, 0.3) is 0 Å². The van der Waals surface area contributed by atoms with Crippen LogP contribution < -0.4 is 9.80 Å². The smallest absolute Gasteiger partial charge is 0.163 e. The number of aliphatic hydroxyl groups excluding tert-OH is 2. The van der Waals surface area contributed by atoms with Crippen LogP contribution in [0.3, 0.4) is 0 Å². The Hall–Kier alpha value is -3.43. The normalized spacial score (nSPS) is 17.0. The Labute approximate surface area is 191 Å². The van der Waals surface area contributed by atoms with Gasteiger partial charge in [0.2, 0.25) is 0 Å². The summed E-state index contributed by atoms with van der Waals surface area (Å²) in [6.45, 7) is 4.84. The number of aryl methyl sites for hydroxylation is 1. The maximum Gasteiger partial charge on any atom is 0.163 e. The Bertz CT molecular complexity index is 1310. The first kappa shape index (κ1) is 21.4. The molecule has 0 amide bonds. The highest BCUT2D eigenvalue weighted by molar-refractivity contribution is 5.96. The van der Waals surface area contributed by atoms with Crippen LogP contribution in [0.15, 0.2) is 48.8 Å². The predicted molar refractivity (Wildman–Crippen MR) is 126 cm³/mol. The van der Waals surface area contributed by atoms with Gasteiger partial charge in [-0.25, -0.2) is 4.39 Å². The molecule has 172 valence electrons. The molecule has 0 fully saturated rings. The number of nitrogens with zero attached hydrogens (tertiary/aromatic N) is 6. The monoisotopic (exact) mass is 450 g/mol. The largest absolute Gasteiger partial charge is 0.394 e. The van der Waals surface area contributed by atoms with E-state index in [0.717, 1.165) is 27.9 Å². The van der Waals surface area contributed by atoms with Crippen LogP contribution in [0.4, 0.5) is 21.6 Å². The topological polar surface area (TPSA) is 82.6 Å². The summed E-state index contributed by atoms with van der Waals surface area (Å²) in [6, 6.07) is 11.1. The number of hydrogen-bond donors (Lipinski definition) is 2. The second-order valence-electron chi connectivity index (χ2n) is 8.50. The van der Waals surface area contributed by atoms with Gasteiger partial charge in [-0.2, -0.15) is 10.2 Å². The summed E-state index contributed by atoms with van der Waals surface area (Å²) in [6.07, 6.45) is 2.99. The number of hydrogen-bond acceptors (Lipinski definition) is 6. The van der Waals surface area contributed by atoms with Gasteiger partial charge in [0, 0.05) is 36.8 Å². The molecule has 2 aromatic heterocycles. The Morgan fingerprint density at radius 2 is 2.00 bits per heavy atom. The van der Waals surface area contributed by atoms with E-state index in [0.29, 0.717) is 24.4 Å². The summed E-state index contributed by atoms with van der Waals surface area (Å²) in [5.74, 6) is 0.369. The number of aliphatic hydroxyl groups is 2. The standard InChI is InChI=1S/C24H27FN6O2/c1-15-13-30(24-19-5-4-6-20(25)23(19)28(3)27-24)22-11-17(7-8-21(22)31(15)16(2)33)18-12-26-29(14-18)9-10-32/h4-8,11-12,14-16,32-33H,9-10,13H2,1-3H3/t15-,16?/m0/s1. The van der Waals surface area contributed by atoms with Crippen molar-refractivity contribution in [3.63, 3.8) is 0 Å². The molecule has 0 saturated heterocycles. The quantitative estimate of drug-likeness (QED) is 0.486. The van der Waals surface area contributed by atoms with Crippen molar-refractivity contribution in [2.45, 2.75) is 32.7 Å². The number of rotatable bonds is 5. The van der Waals surface area contributed by atoms with E-state index < -0.39 is 6.23 Å². The molecule has 2 N–H and O–H groups in total. The Balaban J connectivity index is 1.68. The molecule has 2 aromatic carbocycles. The molecule has 1 aliphatic rings. The Morgan fingerprint density at radius 3 is 2.76 bits per heavy atom. The summed E-state index contributed by atoms with van der Waals surface area (Å²) in [4.78, 5) is 4.08. The van der Waals surface area contributed by atoms with E-state index in [1.165, 1.54) is 6.07 Å². The van der Waals surface area contributed by atoms with E-state index in [2.05, 4.69) is 28.1 Å². The van der Waals surface area contributed by atoms with Crippen LogP contribution in [0, 0.1) is 5.82 Å². The number of aromatic nitrogens is 4. The summed E-state index contributed by atoms with van der Waals surface area (Å²) >= 11 is 0. The van der Waals surface area contributed by atoms with Gasteiger partial charge in [0.15, 0.2) is 5.82 Å². The van der Waals surface area contributed by atoms with Crippen molar-refractivity contribution < 1.29 is 14.6 Å². The van der Waals surface area contributed by atoms with Crippen molar-refractivity contribution >= 4 is 28.1 Å². The molecule has 0 spiro atoms. The fourth-order valence-electron chi connectivity index (χ4n) is 4.80. The van der Waals surface area contributed by atoms with Crippen LogP contribution in [0.5, 0.6) is 0 Å². The molecule has 0 saturated carbocycles. The first-order valence-electron chi connectivity index (χ1n) is 11.0. The maximum absolute atomic E-state index is 14.6. The van der Waals surface area contributed by atoms with Gasteiger partial charge >= 0.3 is 0 Å². The van der Waals surface area contributed by atoms with E-state index >= 15 is 0 Å². The second kappa shape index (κ2) is 8.17. The Kier molecular flexibility index (Phi) is 5.30. The van der Waals surface area contributed by atoms with Crippen molar-refractivity contribution in [2.24, 2.45) is 7.05 Å². The third-order valence-electron chi connectivity index (χ3n) is 6.22. The third kappa shape index (κ3) is 3.53. The lowest BCUT2D eigenvalue weighted by Gasteiger charge is -2.44. The van der Waals surface area contributed by atoms with Crippen LogP contribution in [0.1, 0.15) is 13.8 Å². The molecular formula is C24H27FN6O2.